The summed E-state index contributed by atoms with van der Waals surface area (Å²) in [6, 6.07) is 6.73. The van der Waals surface area contributed by atoms with Crippen LogP contribution >= 0.6 is 23.2 Å². The predicted octanol–water partition coefficient (Wildman–Crippen LogP) is 4.01. The largest absolute Gasteiger partial charge is 0.494 e. The van der Waals surface area contributed by atoms with Gasteiger partial charge in [-0.3, -0.25) is 10.1 Å². The first-order chi connectivity index (χ1) is 17.5. The van der Waals surface area contributed by atoms with Crippen molar-refractivity contribution in [1.29, 1.82) is 5.26 Å². The monoisotopic (exact) mass is 556 g/mol. The number of alkyl halides is 3. The van der Waals surface area contributed by atoms with Crippen LogP contribution in [0.4, 0.5) is 18.9 Å². The van der Waals surface area contributed by atoms with Crippen molar-refractivity contribution in [2.75, 3.05) is 26.8 Å². The van der Waals surface area contributed by atoms with Crippen LogP contribution in [0.15, 0.2) is 46.5 Å². The van der Waals surface area contributed by atoms with Gasteiger partial charge in [-0.15, -0.1) is 0 Å². The highest BCUT2D eigenvalue weighted by atomic mass is 35.5. The van der Waals surface area contributed by atoms with Crippen LogP contribution in [0.1, 0.15) is 18.1 Å². The summed E-state index contributed by atoms with van der Waals surface area (Å²) in [4.78, 5) is 18.0. The maximum Gasteiger partial charge on any atom is 0.416 e. The van der Waals surface area contributed by atoms with Gasteiger partial charge in [-0.2, -0.15) is 23.5 Å². The molecule has 9 nitrogen and oxygen atoms in total. The average Bonchev–Trinajstić information content (AvgIpc) is 3.30. The van der Waals surface area contributed by atoms with E-state index in [1.165, 1.54) is 17.0 Å². The molecule has 1 heterocycles. The molecule has 1 aliphatic heterocycles. The number of halogens is 5. The predicted molar refractivity (Wildman–Crippen MR) is 132 cm³/mol. The lowest BCUT2D eigenvalue weighted by Crippen LogP contribution is -2.49. The van der Waals surface area contributed by atoms with Crippen LogP contribution in [0.3, 0.4) is 0 Å². The number of aliphatic hydroxyl groups is 1. The molecular formula is C23H21Cl2F3N6O3. The van der Waals surface area contributed by atoms with Gasteiger partial charge in [0.25, 0.3) is 0 Å². The van der Waals surface area contributed by atoms with Gasteiger partial charge < -0.3 is 14.7 Å². The lowest BCUT2D eigenvalue weighted by atomic mass is 10.0. The molecule has 0 saturated carbocycles. The molecule has 1 aliphatic rings. The van der Waals surface area contributed by atoms with Crippen LogP contribution in [-0.4, -0.2) is 65.4 Å². The van der Waals surface area contributed by atoms with E-state index < -0.39 is 30.3 Å². The average molecular weight is 557 g/mol. The van der Waals surface area contributed by atoms with Crippen molar-refractivity contribution in [3.8, 4) is 11.9 Å². The van der Waals surface area contributed by atoms with Crippen LogP contribution in [0.2, 0.25) is 10.0 Å². The first kappa shape index (κ1) is 28.0. The number of carbonyl (C=O) groups is 1. The molecule has 14 heteroatoms. The second-order valence-electron chi connectivity index (χ2n) is 7.61. The topological polar surface area (TPSA) is 114 Å². The van der Waals surface area contributed by atoms with Crippen LogP contribution in [0, 0.1) is 11.5 Å². The summed E-state index contributed by atoms with van der Waals surface area (Å²) < 4.78 is 45.1. The summed E-state index contributed by atoms with van der Waals surface area (Å²) in [6.07, 6.45) is -2.94. The SMILES string of the molecule is CCN(C(=O)CO)C1CN(C(=Nc2cc(C(F)(F)F)ccc2OC)NC#N)N=C1c1ccc(Cl)c(Cl)c1. The molecule has 0 saturated heterocycles. The molecule has 2 aromatic carbocycles. The number of nitrogens with one attached hydrogen (secondary N) is 1. The molecule has 0 fully saturated rings. The van der Waals surface area contributed by atoms with Crippen LogP contribution in [-0.2, 0) is 11.0 Å². The zero-order valence-electron chi connectivity index (χ0n) is 19.6. The van der Waals surface area contributed by atoms with E-state index in [0.29, 0.717) is 16.3 Å². The standard InChI is InChI=1S/C23H21Cl2F3N6O3/c1-3-33(20(36)11-35)18-10-34(32-21(18)13-4-6-15(24)16(25)8-13)22(30-12-29)31-17-9-14(23(26,27)28)5-7-19(17)37-2/h4-9,18,35H,3,10-11H2,1-2H3,(H,30,31). The summed E-state index contributed by atoms with van der Waals surface area (Å²) >= 11 is 12.2. The number of nitriles is 1. The number of hydrazone groups is 1. The van der Waals surface area contributed by atoms with E-state index in [0.717, 1.165) is 18.2 Å². The van der Waals surface area contributed by atoms with E-state index in [1.54, 1.807) is 31.3 Å². The summed E-state index contributed by atoms with van der Waals surface area (Å²) in [6.45, 7) is 1.12. The smallest absolute Gasteiger partial charge is 0.416 e. The molecule has 1 unspecified atom stereocenters. The maximum absolute atomic E-state index is 13.3. The van der Waals surface area contributed by atoms with Gasteiger partial charge in [-0.25, -0.2) is 10.0 Å². The van der Waals surface area contributed by atoms with Crippen LogP contribution in [0.5, 0.6) is 5.75 Å². The third kappa shape index (κ3) is 6.25. The fourth-order valence-corrected chi connectivity index (χ4v) is 4.00. The fourth-order valence-electron chi connectivity index (χ4n) is 3.70. The third-order valence-corrected chi connectivity index (χ3v) is 6.16. The number of nitrogens with zero attached hydrogens (tertiary/aromatic N) is 5. The number of hydrogen-bond acceptors (Lipinski definition) is 6. The zero-order chi connectivity index (χ0) is 27.3. The third-order valence-electron chi connectivity index (χ3n) is 5.42. The van der Waals surface area contributed by atoms with Gasteiger partial charge in [-0.1, -0.05) is 29.3 Å². The van der Waals surface area contributed by atoms with Gasteiger partial charge in [0.1, 0.15) is 18.0 Å². The molecule has 37 heavy (non-hydrogen) atoms. The second-order valence-corrected chi connectivity index (χ2v) is 8.42. The number of benzene rings is 2. The Morgan fingerprint density at radius 3 is 2.62 bits per heavy atom. The summed E-state index contributed by atoms with van der Waals surface area (Å²) in [5, 5.41) is 27.4. The quantitative estimate of drug-likeness (QED) is 0.240. The van der Waals surface area contributed by atoms with Crippen molar-refractivity contribution < 1.29 is 27.8 Å². The highest BCUT2D eigenvalue weighted by molar-refractivity contribution is 6.42. The first-order valence-corrected chi connectivity index (χ1v) is 11.5. The second kappa shape index (κ2) is 11.7. The Labute approximate surface area is 220 Å². The molecule has 0 aromatic heterocycles. The zero-order valence-corrected chi connectivity index (χ0v) is 21.1. The number of likely N-dealkylation sites (N-methyl/N-ethyl adjacent to an activating group) is 1. The minimum atomic E-state index is -4.64. The van der Waals surface area contributed by atoms with Crippen molar-refractivity contribution in [3.05, 3.63) is 57.6 Å². The van der Waals surface area contributed by atoms with Crippen LogP contribution in [0.25, 0.3) is 0 Å². The number of guanidine groups is 1. The molecular weight excluding hydrogens is 536 g/mol. The fraction of sp³-hybridized carbons (Fsp3) is 0.304. The molecule has 0 spiro atoms. The number of methoxy groups -OCH3 is 1. The highest BCUT2D eigenvalue weighted by Gasteiger charge is 2.37. The van der Waals surface area contributed by atoms with Gasteiger partial charge in [0.05, 0.1) is 41.0 Å². The molecule has 0 bridgehead atoms. The Kier molecular flexibility index (Phi) is 8.85. The van der Waals surface area contributed by atoms with Gasteiger partial charge in [0.15, 0.2) is 6.19 Å². The lowest BCUT2D eigenvalue weighted by molar-refractivity contribution is -0.137. The molecule has 2 aromatic rings. The molecule has 3 rings (SSSR count). The number of carbonyl (C=O) groups excluding carboxylic acids is 1. The van der Waals surface area contributed by atoms with E-state index >= 15 is 0 Å². The number of ether oxygens (including phenoxy) is 1. The molecule has 0 radical (unpaired) electrons. The van der Waals surface area contributed by atoms with E-state index in [4.69, 9.17) is 27.9 Å². The molecule has 1 atom stereocenters. The Balaban J connectivity index is 2.14. The highest BCUT2D eigenvalue weighted by Crippen LogP contribution is 2.36. The number of amides is 1. The number of hydrogen-bond donors (Lipinski definition) is 2. The summed E-state index contributed by atoms with van der Waals surface area (Å²) in [7, 11) is 1.27. The van der Waals surface area contributed by atoms with Gasteiger partial charge in [0.2, 0.25) is 11.9 Å². The Hall–Kier alpha value is -3.53. The molecule has 2 N–H and O–H groups in total. The van der Waals surface area contributed by atoms with Gasteiger partial charge >= 0.3 is 6.18 Å². The number of aliphatic imine (C=N–C) groups is 1. The first-order valence-electron chi connectivity index (χ1n) is 10.7. The minimum Gasteiger partial charge on any atom is -0.494 e. The van der Waals surface area contributed by atoms with Crippen LogP contribution < -0.4 is 10.1 Å². The van der Waals surface area contributed by atoms with E-state index in [2.05, 4.69) is 15.4 Å². The van der Waals surface area contributed by atoms with Crippen molar-refractivity contribution in [2.45, 2.75) is 19.1 Å². The Morgan fingerprint density at radius 1 is 1.32 bits per heavy atom. The summed E-state index contributed by atoms with van der Waals surface area (Å²) in [5.41, 5.74) is -0.332. The van der Waals surface area contributed by atoms with Crippen molar-refractivity contribution >= 4 is 46.5 Å². The maximum atomic E-state index is 13.3. The molecule has 1 amide bonds. The normalized spacial score (nSPS) is 15.8. The van der Waals surface area contributed by atoms with E-state index in [-0.39, 0.29) is 35.5 Å². The van der Waals surface area contributed by atoms with Crippen molar-refractivity contribution in [2.24, 2.45) is 10.1 Å². The summed E-state index contributed by atoms with van der Waals surface area (Å²) in [5.74, 6) is -0.763. The van der Waals surface area contributed by atoms with Gasteiger partial charge in [-0.05, 0) is 37.3 Å². The minimum absolute atomic E-state index is 0.0281. The Morgan fingerprint density at radius 2 is 2.05 bits per heavy atom. The molecule has 196 valence electrons. The van der Waals surface area contributed by atoms with E-state index in [9.17, 15) is 28.3 Å². The number of aliphatic hydroxyl groups excluding tert-OH is 1. The number of rotatable bonds is 6. The van der Waals surface area contributed by atoms with E-state index in [1.807, 2.05) is 0 Å². The van der Waals surface area contributed by atoms with Crippen molar-refractivity contribution in [1.82, 2.24) is 15.2 Å². The van der Waals surface area contributed by atoms with Crippen molar-refractivity contribution in [3.63, 3.8) is 0 Å². The molecule has 0 aliphatic carbocycles. The lowest BCUT2D eigenvalue weighted by Gasteiger charge is -2.28. The van der Waals surface area contributed by atoms with Gasteiger partial charge in [0, 0.05) is 12.1 Å². The Bertz CT molecular complexity index is 1280.